The molecule has 1 unspecified atom stereocenters. The third-order valence-electron chi connectivity index (χ3n) is 1.20. The lowest BCUT2D eigenvalue weighted by Crippen LogP contribution is -2.05. The van der Waals surface area contributed by atoms with E-state index in [0.717, 1.165) is 0 Å². The summed E-state index contributed by atoms with van der Waals surface area (Å²) in [6.45, 7) is 3.45. The molecule has 0 bridgehead atoms. The minimum atomic E-state index is -1.05. The van der Waals surface area contributed by atoms with Crippen molar-refractivity contribution in [2.75, 3.05) is 0 Å². The van der Waals surface area contributed by atoms with Gasteiger partial charge >= 0.3 is 5.97 Å². The maximum atomic E-state index is 10.7. The van der Waals surface area contributed by atoms with Crippen LogP contribution in [0.5, 0.6) is 0 Å². The standard InChI is InChI=1S/C7H8O3/c1-2-3-5-4-6(8)10-7(5)9/h2,4,6,8H,1,3H2. The van der Waals surface area contributed by atoms with Crippen molar-refractivity contribution in [3.8, 4) is 0 Å². The van der Waals surface area contributed by atoms with E-state index >= 15 is 0 Å². The SMILES string of the molecule is C=CCC1=CC(O)OC1=O. The van der Waals surface area contributed by atoms with Crippen LogP contribution in [-0.4, -0.2) is 17.4 Å². The Hall–Kier alpha value is -1.09. The van der Waals surface area contributed by atoms with E-state index in [0.29, 0.717) is 12.0 Å². The second kappa shape index (κ2) is 2.66. The summed E-state index contributed by atoms with van der Waals surface area (Å²) >= 11 is 0. The van der Waals surface area contributed by atoms with E-state index in [1.165, 1.54) is 6.08 Å². The molecule has 0 aromatic heterocycles. The van der Waals surface area contributed by atoms with Crippen molar-refractivity contribution in [2.24, 2.45) is 0 Å². The Balaban J connectivity index is 2.65. The summed E-state index contributed by atoms with van der Waals surface area (Å²) in [6, 6.07) is 0. The second-order valence-corrected chi connectivity index (χ2v) is 1.98. The van der Waals surface area contributed by atoms with Crippen LogP contribution in [0.15, 0.2) is 24.3 Å². The van der Waals surface area contributed by atoms with Crippen LogP contribution in [-0.2, 0) is 9.53 Å². The van der Waals surface area contributed by atoms with Gasteiger partial charge in [-0.15, -0.1) is 6.58 Å². The molecular weight excluding hydrogens is 132 g/mol. The third-order valence-corrected chi connectivity index (χ3v) is 1.20. The predicted molar refractivity (Wildman–Crippen MR) is 35.0 cm³/mol. The van der Waals surface area contributed by atoms with Gasteiger partial charge in [-0.25, -0.2) is 4.79 Å². The lowest BCUT2D eigenvalue weighted by molar-refractivity contribution is -0.151. The highest BCUT2D eigenvalue weighted by Crippen LogP contribution is 2.14. The van der Waals surface area contributed by atoms with Crippen LogP contribution in [0.25, 0.3) is 0 Å². The minimum Gasteiger partial charge on any atom is -0.429 e. The summed E-state index contributed by atoms with van der Waals surface area (Å²) in [5, 5.41) is 8.74. The first kappa shape index (κ1) is 7.02. The van der Waals surface area contributed by atoms with Gasteiger partial charge in [0.05, 0.1) is 0 Å². The largest absolute Gasteiger partial charge is 0.429 e. The highest BCUT2D eigenvalue weighted by molar-refractivity contribution is 5.90. The highest BCUT2D eigenvalue weighted by atomic mass is 16.6. The molecule has 0 aliphatic carbocycles. The van der Waals surface area contributed by atoms with Crippen molar-refractivity contribution in [1.82, 2.24) is 0 Å². The van der Waals surface area contributed by atoms with E-state index < -0.39 is 12.3 Å². The van der Waals surface area contributed by atoms with Crippen LogP contribution in [0.1, 0.15) is 6.42 Å². The van der Waals surface area contributed by atoms with Gasteiger partial charge in [0.25, 0.3) is 0 Å². The first-order valence-corrected chi connectivity index (χ1v) is 2.94. The van der Waals surface area contributed by atoms with Crippen molar-refractivity contribution < 1.29 is 14.6 Å². The first-order chi connectivity index (χ1) is 4.74. The second-order valence-electron chi connectivity index (χ2n) is 1.98. The Kier molecular flexibility index (Phi) is 1.87. The molecule has 0 aromatic carbocycles. The van der Waals surface area contributed by atoms with Gasteiger partial charge in [0.1, 0.15) is 0 Å². The van der Waals surface area contributed by atoms with Crippen molar-refractivity contribution in [2.45, 2.75) is 12.7 Å². The van der Waals surface area contributed by atoms with Crippen molar-refractivity contribution in [1.29, 1.82) is 0 Å². The minimum absolute atomic E-state index is 0.451. The monoisotopic (exact) mass is 140 g/mol. The van der Waals surface area contributed by atoms with Crippen molar-refractivity contribution in [3.05, 3.63) is 24.3 Å². The van der Waals surface area contributed by atoms with E-state index in [1.807, 2.05) is 0 Å². The van der Waals surface area contributed by atoms with E-state index in [2.05, 4.69) is 11.3 Å². The summed E-state index contributed by atoms with van der Waals surface area (Å²) < 4.78 is 4.40. The van der Waals surface area contributed by atoms with Crippen LogP contribution in [0, 0.1) is 0 Å². The van der Waals surface area contributed by atoms with Crippen molar-refractivity contribution in [3.63, 3.8) is 0 Å². The van der Waals surface area contributed by atoms with Crippen LogP contribution in [0.2, 0.25) is 0 Å². The molecule has 3 heteroatoms. The molecule has 54 valence electrons. The smallest absolute Gasteiger partial charge is 0.336 e. The molecular formula is C7H8O3. The van der Waals surface area contributed by atoms with E-state index in [4.69, 9.17) is 5.11 Å². The molecule has 1 aliphatic heterocycles. The molecule has 1 aliphatic rings. The zero-order chi connectivity index (χ0) is 7.56. The fraction of sp³-hybridized carbons (Fsp3) is 0.286. The number of hydrogen-bond donors (Lipinski definition) is 1. The van der Waals surface area contributed by atoms with Crippen LogP contribution < -0.4 is 0 Å². The van der Waals surface area contributed by atoms with E-state index in [-0.39, 0.29) is 0 Å². The first-order valence-electron chi connectivity index (χ1n) is 2.94. The molecule has 0 spiro atoms. The summed E-state index contributed by atoms with van der Waals surface area (Å²) in [7, 11) is 0. The van der Waals surface area contributed by atoms with Crippen LogP contribution in [0.3, 0.4) is 0 Å². The highest BCUT2D eigenvalue weighted by Gasteiger charge is 2.21. The Morgan fingerprint density at radius 1 is 1.90 bits per heavy atom. The quantitative estimate of drug-likeness (QED) is 0.445. The third kappa shape index (κ3) is 1.25. The van der Waals surface area contributed by atoms with E-state index in [1.54, 1.807) is 6.08 Å². The van der Waals surface area contributed by atoms with Gasteiger partial charge in [-0.05, 0) is 12.5 Å². The zero-order valence-electron chi connectivity index (χ0n) is 5.41. The number of hydrogen-bond acceptors (Lipinski definition) is 3. The van der Waals surface area contributed by atoms with Gasteiger partial charge in [0, 0.05) is 5.57 Å². The van der Waals surface area contributed by atoms with Gasteiger partial charge < -0.3 is 9.84 Å². The Labute approximate surface area is 58.6 Å². The summed E-state index contributed by atoms with van der Waals surface area (Å²) in [5.41, 5.74) is 0.475. The molecule has 0 fully saturated rings. The van der Waals surface area contributed by atoms with Gasteiger partial charge in [-0.1, -0.05) is 6.08 Å². The number of aliphatic hydroxyl groups excluding tert-OH is 1. The number of carbonyl (C=O) groups is 1. The van der Waals surface area contributed by atoms with Crippen LogP contribution in [0.4, 0.5) is 0 Å². The molecule has 10 heavy (non-hydrogen) atoms. The maximum Gasteiger partial charge on any atom is 0.336 e. The van der Waals surface area contributed by atoms with Gasteiger partial charge in [0.2, 0.25) is 6.29 Å². The molecule has 0 saturated heterocycles. The zero-order valence-corrected chi connectivity index (χ0v) is 5.41. The predicted octanol–water partition coefficient (Wildman–Crippen LogP) is 0.364. The molecule has 0 aromatic rings. The molecule has 0 saturated carbocycles. The molecule has 1 rings (SSSR count). The number of aliphatic hydroxyl groups is 1. The number of allylic oxidation sites excluding steroid dienone is 1. The molecule has 1 atom stereocenters. The van der Waals surface area contributed by atoms with Gasteiger partial charge in [-0.3, -0.25) is 0 Å². The van der Waals surface area contributed by atoms with Crippen molar-refractivity contribution >= 4 is 5.97 Å². The van der Waals surface area contributed by atoms with Gasteiger partial charge in [0.15, 0.2) is 0 Å². The van der Waals surface area contributed by atoms with E-state index in [9.17, 15) is 4.79 Å². The number of ether oxygens (including phenoxy) is 1. The number of cyclic esters (lactones) is 1. The average molecular weight is 140 g/mol. The molecule has 0 radical (unpaired) electrons. The number of esters is 1. The lowest BCUT2D eigenvalue weighted by atomic mass is 10.2. The molecule has 0 amide bonds. The summed E-state index contributed by atoms with van der Waals surface area (Å²) in [6.07, 6.45) is 2.37. The number of carbonyl (C=O) groups excluding carboxylic acids is 1. The summed E-state index contributed by atoms with van der Waals surface area (Å²) in [5.74, 6) is -0.451. The molecule has 1 N–H and O–H groups in total. The normalized spacial score (nSPS) is 23.9. The topological polar surface area (TPSA) is 46.5 Å². The van der Waals surface area contributed by atoms with Gasteiger partial charge in [-0.2, -0.15) is 0 Å². The number of rotatable bonds is 2. The Bertz CT molecular complexity index is 193. The Morgan fingerprint density at radius 2 is 2.60 bits per heavy atom. The fourth-order valence-electron chi connectivity index (χ4n) is 0.766. The molecule has 3 nitrogen and oxygen atoms in total. The maximum absolute atomic E-state index is 10.7. The lowest BCUT2D eigenvalue weighted by Gasteiger charge is -1.95. The summed E-state index contributed by atoms with van der Waals surface area (Å²) in [4.78, 5) is 10.7. The Morgan fingerprint density at radius 3 is 3.00 bits per heavy atom. The van der Waals surface area contributed by atoms with Crippen LogP contribution >= 0.6 is 0 Å². The average Bonchev–Trinajstić information content (AvgIpc) is 2.13. The fourth-order valence-corrected chi connectivity index (χ4v) is 0.766. The molecule has 1 heterocycles.